The van der Waals surface area contributed by atoms with Crippen molar-refractivity contribution in [1.29, 1.82) is 0 Å². The molecule has 28 heavy (non-hydrogen) atoms. The number of methoxy groups -OCH3 is 1. The molecule has 2 fully saturated rings. The molecule has 2 aliphatic heterocycles. The number of amides is 3. The summed E-state index contributed by atoms with van der Waals surface area (Å²) in [5, 5.41) is 2.88. The molecule has 154 valence electrons. The predicted octanol–water partition coefficient (Wildman–Crippen LogP) is 2.78. The highest BCUT2D eigenvalue weighted by molar-refractivity contribution is 5.77. The molecule has 3 amide bonds. The summed E-state index contributed by atoms with van der Waals surface area (Å²) in [6, 6.07) is 6.16. The zero-order valence-corrected chi connectivity index (χ0v) is 16.6. The van der Waals surface area contributed by atoms with Crippen LogP contribution in [0.3, 0.4) is 0 Å². The Morgan fingerprint density at radius 3 is 2.79 bits per heavy atom. The van der Waals surface area contributed by atoms with E-state index in [0.29, 0.717) is 32.7 Å². The molecule has 0 saturated carbocycles. The lowest BCUT2D eigenvalue weighted by molar-refractivity contribution is -0.139. The van der Waals surface area contributed by atoms with Crippen LogP contribution in [0.2, 0.25) is 0 Å². The van der Waals surface area contributed by atoms with Gasteiger partial charge in [-0.3, -0.25) is 4.79 Å². The molecule has 7 heteroatoms. The number of urea groups is 1. The van der Waals surface area contributed by atoms with Gasteiger partial charge in [0.2, 0.25) is 5.91 Å². The number of rotatable bonds is 6. The van der Waals surface area contributed by atoms with E-state index in [1.165, 1.54) is 12.1 Å². The Balaban J connectivity index is 1.47. The highest BCUT2D eigenvalue weighted by Gasteiger charge is 2.41. The van der Waals surface area contributed by atoms with Gasteiger partial charge in [-0.05, 0) is 48.8 Å². The van der Waals surface area contributed by atoms with Crippen molar-refractivity contribution in [2.45, 2.75) is 38.6 Å². The fourth-order valence-electron chi connectivity index (χ4n) is 4.23. The van der Waals surface area contributed by atoms with E-state index in [4.69, 9.17) is 4.74 Å². The molecule has 0 unspecified atom stereocenters. The maximum atomic E-state index is 13.2. The highest BCUT2D eigenvalue weighted by atomic mass is 19.1. The van der Waals surface area contributed by atoms with Crippen LogP contribution in [0, 0.1) is 11.2 Å². The van der Waals surface area contributed by atoms with Gasteiger partial charge < -0.3 is 19.9 Å². The number of nitrogens with zero attached hydrogens (tertiary/aromatic N) is 2. The van der Waals surface area contributed by atoms with Crippen molar-refractivity contribution in [1.82, 2.24) is 15.1 Å². The van der Waals surface area contributed by atoms with E-state index < -0.39 is 0 Å². The highest BCUT2D eigenvalue weighted by Crippen LogP contribution is 2.40. The normalized spacial score (nSPS) is 19.1. The summed E-state index contributed by atoms with van der Waals surface area (Å²) in [5.41, 5.74) is 0.875. The van der Waals surface area contributed by atoms with E-state index in [2.05, 4.69) is 5.32 Å². The van der Waals surface area contributed by atoms with Crippen LogP contribution in [-0.2, 0) is 16.1 Å². The second kappa shape index (κ2) is 9.37. The van der Waals surface area contributed by atoms with Crippen molar-refractivity contribution >= 4 is 11.9 Å². The van der Waals surface area contributed by atoms with Crippen LogP contribution in [0.5, 0.6) is 0 Å². The molecule has 2 saturated heterocycles. The van der Waals surface area contributed by atoms with Crippen LogP contribution in [0.1, 0.15) is 37.7 Å². The van der Waals surface area contributed by atoms with Gasteiger partial charge in [0.25, 0.3) is 0 Å². The van der Waals surface area contributed by atoms with Gasteiger partial charge in [0, 0.05) is 52.9 Å². The quantitative estimate of drug-likeness (QED) is 0.759. The number of ether oxygens (including phenoxy) is 1. The summed E-state index contributed by atoms with van der Waals surface area (Å²) >= 11 is 0. The van der Waals surface area contributed by atoms with Gasteiger partial charge >= 0.3 is 6.03 Å². The summed E-state index contributed by atoms with van der Waals surface area (Å²) in [4.78, 5) is 28.5. The molecule has 2 aliphatic rings. The zero-order chi connectivity index (χ0) is 20.0. The van der Waals surface area contributed by atoms with E-state index in [-0.39, 0.29) is 23.2 Å². The van der Waals surface area contributed by atoms with Gasteiger partial charge in [-0.15, -0.1) is 0 Å². The second-order valence-electron chi connectivity index (χ2n) is 7.94. The molecular formula is C21H30FN3O3. The third kappa shape index (κ3) is 5.22. The maximum absolute atomic E-state index is 13.2. The Kier molecular flexibility index (Phi) is 6.88. The maximum Gasteiger partial charge on any atom is 0.317 e. The summed E-state index contributed by atoms with van der Waals surface area (Å²) in [5.74, 6) is -0.0643. The summed E-state index contributed by atoms with van der Waals surface area (Å²) < 4.78 is 18.3. The van der Waals surface area contributed by atoms with Crippen LogP contribution < -0.4 is 5.32 Å². The first-order valence-electron chi connectivity index (χ1n) is 10.1. The molecule has 1 aromatic rings. The van der Waals surface area contributed by atoms with E-state index in [0.717, 1.165) is 44.3 Å². The molecule has 0 radical (unpaired) electrons. The van der Waals surface area contributed by atoms with Gasteiger partial charge in [0.1, 0.15) is 5.82 Å². The minimum absolute atomic E-state index is 0.108. The molecule has 6 nitrogen and oxygen atoms in total. The lowest BCUT2D eigenvalue weighted by Crippen LogP contribution is -2.53. The topological polar surface area (TPSA) is 61.9 Å². The Labute approximate surface area is 166 Å². The Hall–Kier alpha value is -2.15. The van der Waals surface area contributed by atoms with E-state index in [9.17, 15) is 14.0 Å². The minimum atomic E-state index is -0.298. The average Bonchev–Trinajstić information content (AvgIpc) is 2.70. The van der Waals surface area contributed by atoms with Gasteiger partial charge in [-0.1, -0.05) is 12.1 Å². The summed E-state index contributed by atoms with van der Waals surface area (Å²) in [6.07, 6.45) is 4.18. The largest absolute Gasteiger partial charge is 0.385 e. The number of piperidine rings is 2. The number of hydrogen-bond donors (Lipinski definition) is 1. The molecule has 3 rings (SSSR count). The average molecular weight is 391 g/mol. The number of halogens is 1. The monoisotopic (exact) mass is 391 g/mol. The molecule has 0 atom stereocenters. The Bertz CT molecular complexity index is 689. The lowest BCUT2D eigenvalue weighted by atomic mass is 9.72. The Morgan fingerprint density at radius 2 is 2.07 bits per heavy atom. The van der Waals surface area contributed by atoms with Crippen molar-refractivity contribution in [3.05, 3.63) is 35.6 Å². The molecule has 1 N–H and O–H groups in total. The fraction of sp³-hybridized carbons (Fsp3) is 0.619. The van der Waals surface area contributed by atoms with Crippen LogP contribution in [0.25, 0.3) is 0 Å². The van der Waals surface area contributed by atoms with Gasteiger partial charge in [-0.25, -0.2) is 9.18 Å². The van der Waals surface area contributed by atoms with Crippen LogP contribution >= 0.6 is 0 Å². The molecule has 1 spiro atoms. The molecular weight excluding hydrogens is 361 g/mol. The lowest BCUT2D eigenvalue weighted by Gasteiger charge is -2.47. The minimum Gasteiger partial charge on any atom is -0.385 e. The molecule has 0 aromatic heterocycles. The fourth-order valence-corrected chi connectivity index (χ4v) is 4.23. The van der Waals surface area contributed by atoms with Crippen molar-refractivity contribution in [2.75, 3.05) is 39.9 Å². The van der Waals surface area contributed by atoms with Gasteiger partial charge in [-0.2, -0.15) is 0 Å². The predicted molar refractivity (Wildman–Crippen MR) is 104 cm³/mol. The number of carbonyl (C=O) groups excluding carboxylic acids is 2. The van der Waals surface area contributed by atoms with E-state index in [1.807, 2.05) is 9.80 Å². The summed E-state index contributed by atoms with van der Waals surface area (Å²) in [6.45, 7) is 3.89. The SMILES string of the molecule is COCCCN1CC2(CCC1=O)CCN(C(=O)NCc1cccc(F)c1)CC2. The first kappa shape index (κ1) is 20.6. The number of likely N-dealkylation sites (tertiary alicyclic amines) is 2. The van der Waals surface area contributed by atoms with Crippen LogP contribution in [-0.4, -0.2) is 61.6 Å². The number of hydrogen-bond acceptors (Lipinski definition) is 3. The molecule has 2 heterocycles. The first-order chi connectivity index (χ1) is 13.5. The van der Waals surface area contributed by atoms with Crippen LogP contribution in [0.15, 0.2) is 24.3 Å². The summed E-state index contributed by atoms with van der Waals surface area (Å²) in [7, 11) is 1.68. The molecule has 0 aliphatic carbocycles. The number of carbonyl (C=O) groups is 2. The number of nitrogens with one attached hydrogen (secondary N) is 1. The molecule has 1 aromatic carbocycles. The third-order valence-corrected chi connectivity index (χ3v) is 5.97. The van der Waals surface area contributed by atoms with Crippen molar-refractivity contribution in [3.8, 4) is 0 Å². The van der Waals surface area contributed by atoms with Crippen LogP contribution in [0.4, 0.5) is 9.18 Å². The Morgan fingerprint density at radius 1 is 1.29 bits per heavy atom. The standard InChI is InChI=1S/C21H30FN3O3/c1-28-13-3-10-25-16-21(7-6-19(25)26)8-11-24(12-9-21)20(27)23-15-17-4-2-5-18(22)14-17/h2,4-5,14H,3,6-13,15-16H2,1H3,(H,23,27). The van der Waals surface area contributed by atoms with Gasteiger partial charge in [0.15, 0.2) is 0 Å². The van der Waals surface area contributed by atoms with Gasteiger partial charge in [0.05, 0.1) is 0 Å². The van der Waals surface area contributed by atoms with E-state index in [1.54, 1.807) is 19.2 Å². The van der Waals surface area contributed by atoms with Crippen molar-refractivity contribution in [2.24, 2.45) is 5.41 Å². The number of benzene rings is 1. The second-order valence-corrected chi connectivity index (χ2v) is 7.94. The third-order valence-electron chi connectivity index (χ3n) is 5.97. The zero-order valence-electron chi connectivity index (χ0n) is 16.6. The van der Waals surface area contributed by atoms with E-state index >= 15 is 0 Å². The van der Waals surface area contributed by atoms with Crippen molar-refractivity contribution in [3.63, 3.8) is 0 Å². The smallest absolute Gasteiger partial charge is 0.317 e. The van der Waals surface area contributed by atoms with Crippen molar-refractivity contribution < 1.29 is 18.7 Å². The molecule has 0 bridgehead atoms. The first-order valence-corrected chi connectivity index (χ1v) is 10.1.